The number of carbonyl (C=O) groups is 1. The van der Waals surface area contributed by atoms with Crippen LogP contribution in [0.3, 0.4) is 0 Å². The number of carbonyl (C=O) groups excluding carboxylic acids is 1. The van der Waals surface area contributed by atoms with Crippen molar-refractivity contribution < 1.29 is 14.3 Å². The van der Waals surface area contributed by atoms with Gasteiger partial charge in [0, 0.05) is 25.7 Å². The van der Waals surface area contributed by atoms with Crippen LogP contribution in [-0.2, 0) is 4.79 Å². The first-order valence-corrected chi connectivity index (χ1v) is 7.07. The van der Waals surface area contributed by atoms with E-state index in [1.165, 1.54) is 0 Å². The molecule has 0 spiro atoms. The van der Waals surface area contributed by atoms with Gasteiger partial charge in [0.1, 0.15) is 0 Å². The van der Waals surface area contributed by atoms with Crippen LogP contribution in [0.25, 0.3) is 0 Å². The molecule has 2 rings (SSSR count). The molecule has 0 aliphatic carbocycles. The van der Waals surface area contributed by atoms with Crippen molar-refractivity contribution in [2.75, 3.05) is 32.8 Å². The molecule has 1 aromatic carbocycles. The molecule has 0 saturated carbocycles. The molecule has 1 atom stereocenters. The lowest BCUT2D eigenvalue weighted by molar-refractivity contribution is -0.136. The molecule has 5 nitrogen and oxygen atoms in total. The van der Waals surface area contributed by atoms with Crippen LogP contribution in [0.4, 0.5) is 0 Å². The van der Waals surface area contributed by atoms with Crippen molar-refractivity contribution in [2.45, 2.75) is 19.9 Å². The number of para-hydroxylation sites is 2. The monoisotopic (exact) mass is 278 g/mol. The van der Waals surface area contributed by atoms with Crippen molar-refractivity contribution >= 4 is 5.91 Å². The molecular formula is C15H22N2O3. The van der Waals surface area contributed by atoms with Gasteiger partial charge in [-0.05, 0) is 26.0 Å². The average molecular weight is 278 g/mol. The number of ether oxygens (including phenoxy) is 2. The minimum absolute atomic E-state index is 0.0188. The van der Waals surface area contributed by atoms with Gasteiger partial charge < -0.3 is 19.7 Å². The first kappa shape index (κ1) is 14.7. The largest absolute Gasteiger partial charge is 0.490 e. The smallest absolute Gasteiger partial charge is 0.260 e. The second-order valence-electron chi connectivity index (χ2n) is 4.81. The van der Waals surface area contributed by atoms with Crippen LogP contribution in [0.5, 0.6) is 11.5 Å². The molecule has 110 valence electrons. The van der Waals surface area contributed by atoms with Gasteiger partial charge in [0.15, 0.2) is 18.1 Å². The molecule has 1 N–H and O–H groups in total. The number of hydrogen-bond donors (Lipinski definition) is 1. The summed E-state index contributed by atoms with van der Waals surface area (Å²) in [5.41, 5.74) is 0. The molecule has 1 fully saturated rings. The Kier molecular flexibility index (Phi) is 5.24. The third kappa shape index (κ3) is 3.63. The van der Waals surface area contributed by atoms with Crippen LogP contribution >= 0.6 is 0 Å². The zero-order valence-electron chi connectivity index (χ0n) is 12.1. The van der Waals surface area contributed by atoms with Crippen molar-refractivity contribution in [1.29, 1.82) is 0 Å². The minimum Gasteiger partial charge on any atom is -0.490 e. The lowest BCUT2D eigenvalue weighted by atomic mass is 10.2. The average Bonchev–Trinajstić information content (AvgIpc) is 2.47. The highest BCUT2D eigenvalue weighted by atomic mass is 16.5. The fourth-order valence-corrected chi connectivity index (χ4v) is 2.28. The molecule has 0 bridgehead atoms. The summed E-state index contributed by atoms with van der Waals surface area (Å²) in [6.45, 7) is 6.99. The SMILES string of the molecule is CCOc1ccccc1OCC(=O)N1CCNC[C@H]1C. The molecule has 0 radical (unpaired) electrons. The Balaban J connectivity index is 1.92. The fraction of sp³-hybridized carbons (Fsp3) is 0.533. The van der Waals surface area contributed by atoms with Crippen molar-refractivity contribution in [1.82, 2.24) is 10.2 Å². The predicted molar refractivity (Wildman–Crippen MR) is 77.2 cm³/mol. The van der Waals surface area contributed by atoms with Gasteiger partial charge in [-0.2, -0.15) is 0 Å². The number of hydrogen-bond acceptors (Lipinski definition) is 4. The van der Waals surface area contributed by atoms with Crippen molar-refractivity contribution in [2.24, 2.45) is 0 Å². The van der Waals surface area contributed by atoms with E-state index in [9.17, 15) is 4.79 Å². The van der Waals surface area contributed by atoms with Crippen LogP contribution in [-0.4, -0.2) is 49.7 Å². The highest BCUT2D eigenvalue weighted by molar-refractivity contribution is 5.78. The maximum absolute atomic E-state index is 12.2. The Labute approximate surface area is 119 Å². The quantitative estimate of drug-likeness (QED) is 0.881. The molecule has 20 heavy (non-hydrogen) atoms. The Morgan fingerprint density at radius 3 is 2.70 bits per heavy atom. The highest BCUT2D eigenvalue weighted by Crippen LogP contribution is 2.26. The van der Waals surface area contributed by atoms with E-state index in [1.54, 1.807) is 0 Å². The second kappa shape index (κ2) is 7.14. The predicted octanol–water partition coefficient (Wildman–Crippen LogP) is 1.28. The van der Waals surface area contributed by atoms with Gasteiger partial charge in [-0.1, -0.05) is 12.1 Å². The number of benzene rings is 1. The van der Waals surface area contributed by atoms with Crippen molar-refractivity contribution in [3.8, 4) is 11.5 Å². The molecular weight excluding hydrogens is 256 g/mol. The first-order chi connectivity index (χ1) is 9.72. The van der Waals surface area contributed by atoms with Gasteiger partial charge in [0.25, 0.3) is 5.91 Å². The summed E-state index contributed by atoms with van der Waals surface area (Å²) in [5, 5.41) is 3.26. The fourth-order valence-electron chi connectivity index (χ4n) is 2.28. The molecule has 1 aromatic rings. The lowest BCUT2D eigenvalue weighted by Crippen LogP contribution is -2.53. The molecule has 1 aliphatic rings. The summed E-state index contributed by atoms with van der Waals surface area (Å²) in [6, 6.07) is 7.63. The maximum Gasteiger partial charge on any atom is 0.260 e. The van der Waals surface area contributed by atoms with Gasteiger partial charge in [-0.15, -0.1) is 0 Å². The van der Waals surface area contributed by atoms with Crippen LogP contribution in [0.1, 0.15) is 13.8 Å². The Hall–Kier alpha value is -1.75. The Morgan fingerprint density at radius 1 is 1.35 bits per heavy atom. The standard InChI is InChI=1S/C15H22N2O3/c1-3-19-13-6-4-5-7-14(13)20-11-15(18)17-9-8-16-10-12(17)2/h4-7,12,16H,3,8-11H2,1-2H3/t12-/m1/s1. The first-order valence-electron chi connectivity index (χ1n) is 7.07. The number of nitrogens with zero attached hydrogens (tertiary/aromatic N) is 1. The van der Waals surface area contributed by atoms with E-state index in [0.717, 1.165) is 19.6 Å². The molecule has 5 heteroatoms. The van der Waals surface area contributed by atoms with E-state index < -0.39 is 0 Å². The molecule has 1 aliphatic heterocycles. The summed E-state index contributed by atoms with van der Waals surface area (Å²) in [5.74, 6) is 1.31. The molecule has 1 saturated heterocycles. The van der Waals surface area contributed by atoms with E-state index in [4.69, 9.17) is 9.47 Å². The van der Waals surface area contributed by atoms with Gasteiger partial charge in [0.05, 0.1) is 6.61 Å². The number of rotatable bonds is 5. The zero-order valence-corrected chi connectivity index (χ0v) is 12.1. The van der Waals surface area contributed by atoms with Crippen LogP contribution in [0.15, 0.2) is 24.3 Å². The Bertz CT molecular complexity index is 450. The zero-order chi connectivity index (χ0) is 14.4. The third-order valence-corrected chi connectivity index (χ3v) is 3.32. The summed E-state index contributed by atoms with van der Waals surface area (Å²) in [4.78, 5) is 14.0. The normalized spacial score (nSPS) is 18.7. The summed E-state index contributed by atoms with van der Waals surface area (Å²) < 4.78 is 11.1. The molecule has 1 heterocycles. The van der Waals surface area contributed by atoms with Crippen LogP contribution in [0, 0.1) is 0 Å². The van der Waals surface area contributed by atoms with E-state index in [2.05, 4.69) is 5.32 Å². The second-order valence-corrected chi connectivity index (χ2v) is 4.81. The van der Waals surface area contributed by atoms with Gasteiger partial charge in [0.2, 0.25) is 0 Å². The number of piperazine rings is 1. The van der Waals surface area contributed by atoms with E-state index >= 15 is 0 Å². The van der Waals surface area contributed by atoms with E-state index in [-0.39, 0.29) is 18.6 Å². The minimum atomic E-state index is 0.0188. The van der Waals surface area contributed by atoms with Gasteiger partial charge in [-0.25, -0.2) is 0 Å². The third-order valence-electron chi connectivity index (χ3n) is 3.32. The maximum atomic E-state index is 12.2. The van der Waals surface area contributed by atoms with E-state index in [0.29, 0.717) is 18.1 Å². The summed E-state index contributed by atoms with van der Waals surface area (Å²) in [6.07, 6.45) is 0. The lowest BCUT2D eigenvalue weighted by Gasteiger charge is -2.33. The number of amides is 1. The number of nitrogens with one attached hydrogen (secondary N) is 1. The van der Waals surface area contributed by atoms with Gasteiger partial charge >= 0.3 is 0 Å². The van der Waals surface area contributed by atoms with Crippen molar-refractivity contribution in [3.05, 3.63) is 24.3 Å². The molecule has 0 unspecified atom stereocenters. The van der Waals surface area contributed by atoms with Crippen LogP contribution in [0.2, 0.25) is 0 Å². The Morgan fingerprint density at radius 2 is 2.05 bits per heavy atom. The van der Waals surface area contributed by atoms with Gasteiger partial charge in [-0.3, -0.25) is 4.79 Å². The molecule has 0 aromatic heterocycles. The topological polar surface area (TPSA) is 50.8 Å². The van der Waals surface area contributed by atoms with Crippen LogP contribution < -0.4 is 14.8 Å². The highest BCUT2D eigenvalue weighted by Gasteiger charge is 2.23. The summed E-state index contributed by atoms with van der Waals surface area (Å²) in [7, 11) is 0. The van der Waals surface area contributed by atoms with Crippen molar-refractivity contribution in [3.63, 3.8) is 0 Å². The summed E-state index contributed by atoms with van der Waals surface area (Å²) >= 11 is 0. The van der Waals surface area contributed by atoms with E-state index in [1.807, 2.05) is 43.0 Å². The molecule has 1 amide bonds.